The maximum absolute atomic E-state index is 11.6. The Morgan fingerprint density at radius 1 is 1.58 bits per heavy atom. The Morgan fingerprint density at radius 2 is 2.47 bits per heavy atom. The third-order valence-corrected chi connectivity index (χ3v) is 3.23. The minimum atomic E-state index is -0.147. The van der Waals surface area contributed by atoms with Crippen molar-refractivity contribution in [1.82, 2.24) is 15.1 Å². The Kier molecular flexibility index (Phi) is 4.72. The summed E-state index contributed by atoms with van der Waals surface area (Å²) >= 11 is 1.53. The molecule has 0 bridgehead atoms. The molecule has 1 amide bonds. The number of carbonyl (C=O) groups is 1. The Balaban J connectivity index is 1.81. The topological polar surface area (TPSA) is 67.2 Å². The van der Waals surface area contributed by atoms with E-state index < -0.39 is 0 Å². The molecular weight excluding hydrogens is 262 g/mol. The Labute approximate surface area is 114 Å². The maximum Gasteiger partial charge on any atom is 0.242 e. The van der Waals surface area contributed by atoms with Gasteiger partial charge in [0, 0.05) is 28.2 Å². The van der Waals surface area contributed by atoms with Crippen molar-refractivity contribution in [3.63, 3.8) is 0 Å². The minimum Gasteiger partial charge on any atom is -0.384 e. The molecule has 0 aromatic carbocycles. The second-order valence-electron chi connectivity index (χ2n) is 3.74. The molecule has 19 heavy (non-hydrogen) atoms. The molecule has 6 heteroatoms. The predicted molar refractivity (Wildman–Crippen MR) is 72.4 cm³/mol. The number of hydrogen-bond donors (Lipinski definition) is 2. The fraction of sp³-hybridized carbons (Fsp3) is 0.231. The third-order valence-electron chi connectivity index (χ3n) is 2.29. The van der Waals surface area contributed by atoms with Gasteiger partial charge in [0.1, 0.15) is 13.2 Å². The van der Waals surface area contributed by atoms with Gasteiger partial charge >= 0.3 is 0 Å². The van der Waals surface area contributed by atoms with E-state index in [-0.39, 0.29) is 19.1 Å². The SMILES string of the molecule is O=C(Cn1cccn1)NCc1cc(C#CCO)cs1. The molecular formula is C13H13N3O2S. The van der Waals surface area contributed by atoms with Gasteiger partial charge in [-0.25, -0.2) is 0 Å². The second kappa shape index (κ2) is 6.73. The highest BCUT2D eigenvalue weighted by molar-refractivity contribution is 7.10. The summed E-state index contributed by atoms with van der Waals surface area (Å²) in [5.74, 6) is 5.32. The Morgan fingerprint density at radius 3 is 3.21 bits per heavy atom. The van der Waals surface area contributed by atoms with Gasteiger partial charge in [-0.1, -0.05) is 11.8 Å². The second-order valence-corrected chi connectivity index (χ2v) is 4.74. The van der Waals surface area contributed by atoms with E-state index in [0.717, 1.165) is 10.4 Å². The highest BCUT2D eigenvalue weighted by atomic mass is 32.1. The number of nitrogens with zero attached hydrogens (tertiary/aromatic N) is 2. The normalized spacial score (nSPS) is 9.74. The van der Waals surface area contributed by atoms with Crippen molar-refractivity contribution < 1.29 is 9.90 Å². The summed E-state index contributed by atoms with van der Waals surface area (Å²) in [6, 6.07) is 3.68. The van der Waals surface area contributed by atoms with Gasteiger partial charge in [0.2, 0.25) is 5.91 Å². The van der Waals surface area contributed by atoms with Crippen molar-refractivity contribution in [3.05, 3.63) is 40.3 Å². The van der Waals surface area contributed by atoms with Gasteiger partial charge in [-0.05, 0) is 12.1 Å². The lowest BCUT2D eigenvalue weighted by atomic mass is 10.3. The van der Waals surface area contributed by atoms with Gasteiger partial charge in [-0.2, -0.15) is 5.10 Å². The average Bonchev–Trinajstić information content (AvgIpc) is 3.05. The molecule has 5 nitrogen and oxygen atoms in total. The first kappa shape index (κ1) is 13.3. The zero-order valence-corrected chi connectivity index (χ0v) is 11.0. The maximum atomic E-state index is 11.6. The molecule has 2 rings (SSSR count). The molecule has 0 saturated heterocycles. The Bertz CT molecular complexity index is 593. The van der Waals surface area contributed by atoms with Crippen molar-refractivity contribution in [1.29, 1.82) is 0 Å². The smallest absolute Gasteiger partial charge is 0.242 e. The van der Waals surface area contributed by atoms with Crippen LogP contribution in [0.1, 0.15) is 10.4 Å². The number of aromatic nitrogens is 2. The predicted octanol–water partition coefficient (Wildman–Crippen LogP) is 0.605. The van der Waals surface area contributed by atoms with Crippen LogP contribution >= 0.6 is 11.3 Å². The van der Waals surface area contributed by atoms with Crippen LogP contribution in [0.4, 0.5) is 0 Å². The van der Waals surface area contributed by atoms with E-state index in [2.05, 4.69) is 22.3 Å². The molecule has 0 aliphatic heterocycles. The highest BCUT2D eigenvalue weighted by Crippen LogP contribution is 2.13. The number of nitrogens with one attached hydrogen (secondary N) is 1. The fourth-order valence-electron chi connectivity index (χ4n) is 1.46. The Hall–Kier alpha value is -2.10. The van der Waals surface area contributed by atoms with Crippen molar-refractivity contribution in [3.8, 4) is 11.8 Å². The zero-order chi connectivity index (χ0) is 13.5. The molecule has 98 valence electrons. The van der Waals surface area contributed by atoms with Gasteiger partial charge in [0.25, 0.3) is 0 Å². The molecule has 0 unspecified atom stereocenters. The molecule has 0 fully saturated rings. The van der Waals surface area contributed by atoms with Gasteiger partial charge in [-0.15, -0.1) is 11.3 Å². The van der Waals surface area contributed by atoms with Crippen LogP contribution in [0.2, 0.25) is 0 Å². The number of aliphatic hydroxyl groups is 1. The summed E-state index contributed by atoms with van der Waals surface area (Å²) in [4.78, 5) is 12.7. The number of hydrogen-bond acceptors (Lipinski definition) is 4. The van der Waals surface area contributed by atoms with Crippen molar-refractivity contribution in [2.24, 2.45) is 0 Å². The lowest BCUT2D eigenvalue weighted by Crippen LogP contribution is -2.26. The summed E-state index contributed by atoms with van der Waals surface area (Å²) < 4.78 is 1.57. The summed E-state index contributed by atoms with van der Waals surface area (Å²) in [5, 5.41) is 17.3. The number of rotatable bonds is 4. The van der Waals surface area contributed by atoms with Crippen LogP contribution in [0.15, 0.2) is 29.9 Å². The van der Waals surface area contributed by atoms with Crippen LogP contribution in [0, 0.1) is 11.8 Å². The molecule has 0 spiro atoms. The van der Waals surface area contributed by atoms with E-state index in [1.54, 1.807) is 23.1 Å². The van der Waals surface area contributed by atoms with E-state index in [0.29, 0.717) is 6.54 Å². The van der Waals surface area contributed by atoms with Crippen LogP contribution in [0.5, 0.6) is 0 Å². The van der Waals surface area contributed by atoms with E-state index in [4.69, 9.17) is 5.11 Å². The molecule has 2 aromatic heterocycles. The molecule has 0 aliphatic rings. The first-order chi connectivity index (χ1) is 9.28. The molecule has 0 atom stereocenters. The summed E-state index contributed by atoms with van der Waals surface area (Å²) in [7, 11) is 0. The summed E-state index contributed by atoms with van der Waals surface area (Å²) in [6.45, 7) is 0.549. The quantitative estimate of drug-likeness (QED) is 0.803. The van der Waals surface area contributed by atoms with Gasteiger partial charge in [0.15, 0.2) is 0 Å². The number of carbonyl (C=O) groups excluding carboxylic acids is 1. The molecule has 0 aliphatic carbocycles. The minimum absolute atomic E-state index is 0.0832. The van der Waals surface area contributed by atoms with Gasteiger partial charge < -0.3 is 10.4 Å². The molecule has 2 heterocycles. The lowest BCUT2D eigenvalue weighted by Gasteiger charge is -2.03. The van der Waals surface area contributed by atoms with Crippen LogP contribution in [-0.2, 0) is 17.9 Å². The number of aliphatic hydroxyl groups excluding tert-OH is 1. The zero-order valence-electron chi connectivity index (χ0n) is 10.2. The lowest BCUT2D eigenvalue weighted by molar-refractivity contribution is -0.122. The van der Waals surface area contributed by atoms with Crippen molar-refractivity contribution in [2.45, 2.75) is 13.1 Å². The van der Waals surface area contributed by atoms with Gasteiger partial charge in [0.05, 0.1) is 6.54 Å². The van der Waals surface area contributed by atoms with E-state index >= 15 is 0 Å². The highest BCUT2D eigenvalue weighted by Gasteiger charge is 2.04. The molecule has 0 saturated carbocycles. The summed E-state index contributed by atoms with van der Waals surface area (Å²) in [6.07, 6.45) is 3.38. The van der Waals surface area contributed by atoms with Crippen molar-refractivity contribution in [2.75, 3.05) is 6.61 Å². The van der Waals surface area contributed by atoms with E-state index in [1.807, 2.05) is 11.4 Å². The van der Waals surface area contributed by atoms with Crippen LogP contribution < -0.4 is 5.32 Å². The van der Waals surface area contributed by atoms with E-state index in [1.165, 1.54) is 11.3 Å². The largest absolute Gasteiger partial charge is 0.384 e. The fourth-order valence-corrected chi connectivity index (χ4v) is 2.22. The van der Waals surface area contributed by atoms with E-state index in [9.17, 15) is 4.79 Å². The first-order valence-electron chi connectivity index (χ1n) is 5.69. The standard InChI is InChI=1S/C13H13N3O2S/c17-6-1-3-11-7-12(19-10-11)8-14-13(18)9-16-5-2-4-15-16/h2,4-5,7,10,17H,6,8-9H2,(H,14,18). The average molecular weight is 275 g/mol. The first-order valence-corrected chi connectivity index (χ1v) is 6.57. The summed E-state index contributed by atoms with van der Waals surface area (Å²) in [5.41, 5.74) is 0.857. The molecule has 2 aromatic rings. The van der Waals surface area contributed by atoms with Crippen LogP contribution in [0.3, 0.4) is 0 Å². The van der Waals surface area contributed by atoms with Crippen LogP contribution in [0.25, 0.3) is 0 Å². The van der Waals surface area contributed by atoms with Gasteiger partial charge in [-0.3, -0.25) is 9.48 Å². The molecule has 0 radical (unpaired) electrons. The molecule has 2 N–H and O–H groups in total. The number of amides is 1. The number of thiophene rings is 1. The van der Waals surface area contributed by atoms with Crippen LogP contribution in [-0.4, -0.2) is 27.4 Å². The monoisotopic (exact) mass is 275 g/mol. The van der Waals surface area contributed by atoms with Crippen molar-refractivity contribution >= 4 is 17.2 Å². The third kappa shape index (κ3) is 4.25.